The Bertz CT molecular complexity index is 1200. The van der Waals surface area contributed by atoms with Gasteiger partial charge in [0, 0.05) is 31.1 Å². The Balaban J connectivity index is 1.84. The Morgan fingerprint density at radius 1 is 1.23 bits per heavy atom. The number of nitrogens with one attached hydrogen (secondary N) is 2. The molecule has 3 aromatic rings. The average Bonchev–Trinajstić information content (AvgIpc) is 3.07. The summed E-state index contributed by atoms with van der Waals surface area (Å²) in [5, 5.41) is 7.49. The van der Waals surface area contributed by atoms with Crippen LogP contribution >= 0.6 is 0 Å². The third-order valence-electron chi connectivity index (χ3n) is 4.69. The van der Waals surface area contributed by atoms with Crippen LogP contribution in [0, 0.1) is 5.41 Å². The number of imidazole rings is 1. The van der Waals surface area contributed by atoms with Crippen LogP contribution in [-0.4, -0.2) is 43.4 Å². The number of ether oxygens (including phenoxy) is 1. The smallest absolute Gasteiger partial charge is 0.305 e. The number of hydrogen-bond donors (Lipinski definition) is 3. The van der Waals surface area contributed by atoms with Crippen LogP contribution in [0.15, 0.2) is 47.4 Å². The van der Waals surface area contributed by atoms with E-state index in [4.69, 9.17) is 11.1 Å². The molecule has 1 aromatic heterocycles. The minimum atomic E-state index is -3.73. The maximum Gasteiger partial charge on any atom is 0.305 e. The van der Waals surface area contributed by atoms with Crippen molar-refractivity contribution in [1.29, 1.82) is 5.41 Å². The van der Waals surface area contributed by atoms with E-state index in [-0.39, 0.29) is 29.7 Å². The summed E-state index contributed by atoms with van der Waals surface area (Å²) in [6, 6.07) is 11.9. The molecule has 0 aliphatic rings. The molecule has 0 aliphatic heterocycles. The predicted molar refractivity (Wildman–Crippen MR) is 114 cm³/mol. The molecule has 1 heterocycles. The van der Waals surface area contributed by atoms with E-state index in [0.717, 1.165) is 11.1 Å². The third kappa shape index (κ3) is 4.50. The van der Waals surface area contributed by atoms with E-state index < -0.39 is 10.0 Å². The van der Waals surface area contributed by atoms with Crippen LogP contribution in [0.4, 0.5) is 0 Å². The number of nitrogen functional groups attached to an aromatic ring is 1. The summed E-state index contributed by atoms with van der Waals surface area (Å²) >= 11 is 0. The van der Waals surface area contributed by atoms with E-state index >= 15 is 0 Å². The van der Waals surface area contributed by atoms with Crippen LogP contribution in [0.2, 0.25) is 0 Å². The Morgan fingerprint density at radius 2 is 1.93 bits per heavy atom. The zero-order chi connectivity index (χ0) is 21.9. The fraction of sp³-hybridized carbons (Fsp3) is 0.250. The lowest BCUT2D eigenvalue weighted by Gasteiger charge is -2.07. The lowest BCUT2D eigenvalue weighted by atomic mass is 10.1. The number of sulfonamides is 1. The topological polar surface area (TPSA) is 140 Å². The molecular weight excluding hydrogens is 406 g/mol. The first-order valence-corrected chi connectivity index (χ1v) is 10.7. The monoisotopic (exact) mass is 429 g/mol. The lowest BCUT2D eigenvalue weighted by molar-refractivity contribution is -0.140. The predicted octanol–water partition coefficient (Wildman–Crippen LogP) is 1.76. The summed E-state index contributed by atoms with van der Waals surface area (Å²) in [4.78, 5) is 15.8. The van der Waals surface area contributed by atoms with Crippen LogP contribution in [0.3, 0.4) is 0 Å². The van der Waals surface area contributed by atoms with Gasteiger partial charge in [-0.05, 0) is 24.6 Å². The Labute approximate surface area is 174 Å². The van der Waals surface area contributed by atoms with Gasteiger partial charge in [-0.15, -0.1) is 0 Å². The summed E-state index contributed by atoms with van der Waals surface area (Å²) in [6.07, 6.45) is 0.488. The molecule has 0 aliphatic carbocycles. The van der Waals surface area contributed by atoms with E-state index in [1.807, 2.05) is 23.7 Å². The number of amidine groups is 1. The SMILES string of the molecule is COC(=O)CCCNS(=O)(=O)c1ccc2c(c1)nc(-c1ccc(C(=N)N)cc1)n2C. The number of nitrogens with two attached hydrogens (primary N) is 1. The van der Waals surface area contributed by atoms with Crippen LogP contribution in [0.25, 0.3) is 22.4 Å². The first kappa shape index (κ1) is 21.5. The molecule has 0 saturated carbocycles. The first-order valence-electron chi connectivity index (χ1n) is 9.20. The number of methoxy groups -OCH3 is 1. The van der Waals surface area contributed by atoms with Crippen LogP contribution in [0.1, 0.15) is 18.4 Å². The number of fused-ring (bicyclic) bond motifs is 1. The number of nitrogens with zero attached hydrogens (tertiary/aromatic N) is 2. The molecule has 3 rings (SSSR count). The number of carbonyl (C=O) groups is 1. The molecule has 0 bridgehead atoms. The highest BCUT2D eigenvalue weighted by molar-refractivity contribution is 7.89. The van der Waals surface area contributed by atoms with Crippen molar-refractivity contribution in [1.82, 2.24) is 14.3 Å². The fourth-order valence-corrected chi connectivity index (χ4v) is 4.12. The average molecular weight is 430 g/mol. The van der Waals surface area contributed by atoms with Gasteiger partial charge in [0.25, 0.3) is 0 Å². The van der Waals surface area contributed by atoms with Gasteiger partial charge in [0.05, 0.1) is 23.0 Å². The molecule has 4 N–H and O–H groups in total. The maximum atomic E-state index is 12.6. The highest BCUT2D eigenvalue weighted by Crippen LogP contribution is 2.26. The number of esters is 1. The minimum absolute atomic E-state index is 0.0134. The van der Waals surface area contributed by atoms with Crippen molar-refractivity contribution in [3.05, 3.63) is 48.0 Å². The number of benzene rings is 2. The summed E-state index contributed by atoms with van der Waals surface area (Å²) in [7, 11) is -0.586. The maximum absolute atomic E-state index is 12.6. The van der Waals surface area contributed by atoms with Gasteiger partial charge in [-0.3, -0.25) is 10.2 Å². The fourth-order valence-electron chi connectivity index (χ4n) is 3.03. The van der Waals surface area contributed by atoms with Crippen LogP contribution in [-0.2, 0) is 26.6 Å². The molecule has 0 atom stereocenters. The number of aryl methyl sites for hydroxylation is 1. The third-order valence-corrected chi connectivity index (χ3v) is 6.15. The molecule has 9 nitrogen and oxygen atoms in total. The van der Waals surface area contributed by atoms with E-state index in [1.54, 1.807) is 18.2 Å². The van der Waals surface area contributed by atoms with Crippen molar-refractivity contribution in [2.75, 3.05) is 13.7 Å². The van der Waals surface area contributed by atoms with Gasteiger partial charge in [-0.25, -0.2) is 18.1 Å². The Kier molecular flexibility index (Phi) is 6.18. The Morgan fingerprint density at radius 3 is 2.57 bits per heavy atom. The van der Waals surface area contributed by atoms with Crippen LogP contribution < -0.4 is 10.5 Å². The number of hydrogen-bond acceptors (Lipinski definition) is 6. The molecule has 0 saturated heterocycles. The standard InChI is InChI=1S/C20H23N5O4S/c1-25-17-10-9-15(30(27,28)23-11-3-4-18(26)29-2)12-16(17)24-20(25)14-7-5-13(6-8-14)19(21)22/h5-10,12,23H,3-4,11H2,1-2H3,(H3,21,22). The molecule has 0 fully saturated rings. The van der Waals surface area contributed by atoms with Gasteiger partial charge in [0.2, 0.25) is 10.0 Å². The summed E-state index contributed by atoms with van der Waals surface area (Å²) in [5.74, 6) is 0.272. The second-order valence-electron chi connectivity index (χ2n) is 6.71. The molecule has 158 valence electrons. The minimum Gasteiger partial charge on any atom is -0.469 e. The van der Waals surface area contributed by atoms with Crippen molar-refractivity contribution >= 4 is 32.9 Å². The number of rotatable bonds is 8. The van der Waals surface area contributed by atoms with Gasteiger partial charge < -0.3 is 15.0 Å². The van der Waals surface area contributed by atoms with E-state index in [1.165, 1.54) is 19.2 Å². The largest absolute Gasteiger partial charge is 0.469 e. The zero-order valence-electron chi connectivity index (χ0n) is 16.7. The molecule has 2 aromatic carbocycles. The second kappa shape index (κ2) is 8.64. The molecule has 0 amide bonds. The van der Waals surface area contributed by atoms with Crippen molar-refractivity contribution < 1.29 is 17.9 Å². The van der Waals surface area contributed by atoms with Gasteiger partial charge >= 0.3 is 5.97 Å². The molecule has 0 spiro atoms. The number of carbonyl (C=O) groups excluding carboxylic acids is 1. The summed E-state index contributed by atoms with van der Waals surface area (Å²) in [6.45, 7) is 0.130. The highest BCUT2D eigenvalue weighted by atomic mass is 32.2. The molecule has 0 radical (unpaired) electrons. The highest BCUT2D eigenvalue weighted by Gasteiger charge is 2.17. The van der Waals surface area contributed by atoms with Gasteiger partial charge in [0.1, 0.15) is 11.7 Å². The van der Waals surface area contributed by atoms with E-state index in [0.29, 0.717) is 23.3 Å². The summed E-state index contributed by atoms with van der Waals surface area (Å²) in [5.41, 5.74) is 8.26. The van der Waals surface area contributed by atoms with Crippen molar-refractivity contribution in [2.24, 2.45) is 12.8 Å². The second-order valence-corrected chi connectivity index (χ2v) is 8.48. The van der Waals surface area contributed by atoms with Crippen molar-refractivity contribution in [2.45, 2.75) is 17.7 Å². The van der Waals surface area contributed by atoms with Gasteiger partial charge in [-0.2, -0.15) is 0 Å². The normalized spacial score (nSPS) is 11.5. The molecule has 30 heavy (non-hydrogen) atoms. The van der Waals surface area contributed by atoms with Crippen molar-refractivity contribution in [3.63, 3.8) is 0 Å². The number of aromatic nitrogens is 2. The quantitative estimate of drug-likeness (QED) is 0.216. The van der Waals surface area contributed by atoms with Gasteiger partial charge in [0.15, 0.2) is 0 Å². The zero-order valence-corrected chi connectivity index (χ0v) is 17.5. The van der Waals surface area contributed by atoms with Crippen LogP contribution in [0.5, 0.6) is 0 Å². The molecule has 10 heteroatoms. The summed E-state index contributed by atoms with van der Waals surface area (Å²) < 4.78 is 34.0. The molecule has 0 unspecified atom stereocenters. The molecular formula is C20H23N5O4S. The van der Waals surface area contributed by atoms with Gasteiger partial charge in [-0.1, -0.05) is 24.3 Å². The van der Waals surface area contributed by atoms with E-state index in [2.05, 4.69) is 14.4 Å². The first-order chi connectivity index (χ1) is 14.2. The van der Waals surface area contributed by atoms with E-state index in [9.17, 15) is 13.2 Å². The Hall–Kier alpha value is -3.24. The lowest BCUT2D eigenvalue weighted by Crippen LogP contribution is -2.25. The van der Waals surface area contributed by atoms with Crippen molar-refractivity contribution in [3.8, 4) is 11.4 Å².